The number of nitrogens with one attached hydrogen (secondary N) is 2. The van der Waals surface area contributed by atoms with Crippen molar-refractivity contribution < 1.29 is 29.4 Å². The standard InChI is InChI=1S/C23H28ClN3O6/c24-22-17-13-16(26-33-15-20(30)27-10-8-25-9-11-27)7-5-3-1-2-4-6-12-32-23(31)21(17)18(28)14-19(22)29/h2,4-5,7,13-14,25-26,28-29H,1,3,6,8-12,15H2/b4-2?,7-5+,16-13-. The highest BCUT2D eigenvalue weighted by molar-refractivity contribution is 6.34. The van der Waals surface area contributed by atoms with Crippen molar-refractivity contribution >= 4 is 29.6 Å². The van der Waals surface area contributed by atoms with Crippen LogP contribution in [0.2, 0.25) is 5.02 Å². The lowest BCUT2D eigenvalue weighted by Gasteiger charge is -2.27. The lowest BCUT2D eigenvalue weighted by Crippen LogP contribution is -2.48. The number of hydrogen-bond donors (Lipinski definition) is 4. The topological polar surface area (TPSA) is 120 Å². The maximum Gasteiger partial charge on any atom is 0.342 e. The average Bonchev–Trinajstić information content (AvgIpc) is 2.80. The number of allylic oxidation sites excluding steroid dienone is 3. The van der Waals surface area contributed by atoms with Gasteiger partial charge in [0, 0.05) is 37.8 Å². The maximum atomic E-state index is 12.6. The van der Waals surface area contributed by atoms with E-state index in [-0.39, 0.29) is 41.0 Å². The van der Waals surface area contributed by atoms with Crippen LogP contribution in [0.15, 0.2) is 36.1 Å². The minimum atomic E-state index is -0.774. The normalized spacial score (nSPS) is 20.1. The van der Waals surface area contributed by atoms with Crippen LogP contribution in [-0.2, 0) is 14.4 Å². The fraction of sp³-hybridized carbons (Fsp3) is 0.391. The molecular formula is C23H28ClN3O6. The van der Waals surface area contributed by atoms with E-state index < -0.39 is 11.7 Å². The molecule has 1 fully saturated rings. The van der Waals surface area contributed by atoms with Gasteiger partial charge in [-0.05, 0) is 31.4 Å². The van der Waals surface area contributed by atoms with Gasteiger partial charge in [0.05, 0.1) is 17.3 Å². The molecule has 4 N–H and O–H groups in total. The van der Waals surface area contributed by atoms with E-state index in [9.17, 15) is 19.8 Å². The number of aromatic hydroxyl groups is 2. The third kappa shape index (κ3) is 6.98. The summed E-state index contributed by atoms with van der Waals surface area (Å²) in [4.78, 5) is 32.1. The van der Waals surface area contributed by atoms with Crippen LogP contribution in [0.1, 0.15) is 35.2 Å². The van der Waals surface area contributed by atoms with Gasteiger partial charge in [-0.15, -0.1) is 0 Å². The molecule has 1 aromatic rings. The van der Waals surface area contributed by atoms with E-state index in [0.717, 1.165) is 32.0 Å². The number of amides is 1. The van der Waals surface area contributed by atoms with Crippen molar-refractivity contribution in [2.24, 2.45) is 0 Å². The zero-order chi connectivity index (χ0) is 23.6. The molecule has 10 heteroatoms. The van der Waals surface area contributed by atoms with Crippen LogP contribution in [0.25, 0.3) is 6.08 Å². The number of halogens is 1. The molecule has 0 aliphatic carbocycles. The molecule has 0 aromatic heterocycles. The second-order valence-electron chi connectivity index (χ2n) is 7.51. The average molecular weight is 478 g/mol. The van der Waals surface area contributed by atoms with Crippen LogP contribution in [-0.4, -0.2) is 66.4 Å². The van der Waals surface area contributed by atoms with Gasteiger partial charge in [0.2, 0.25) is 0 Å². The van der Waals surface area contributed by atoms with Crippen LogP contribution < -0.4 is 10.8 Å². The highest BCUT2D eigenvalue weighted by Crippen LogP contribution is 2.38. The summed E-state index contributed by atoms with van der Waals surface area (Å²) >= 11 is 6.27. The Morgan fingerprint density at radius 3 is 2.67 bits per heavy atom. The van der Waals surface area contributed by atoms with E-state index in [2.05, 4.69) is 10.8 Å². The van der Waals surface area contributed by atoms with Crippen molar-refractivity contribution in [1.29, 1.82) is 0 Å². The minimum absolute atomic E-state index is 0.0657. The van der Waals surface area contributed by atoms with Crippen LogP contribution >= 0.6 is 11.6 Å². The largest absolute Gasteiger partial charge is 0.507 e. The summed E-state index contributed by atoms with van der Waals surface area (Å²) in [5.41, 5.74) is 2.97. The summed E-state index contributed by atoms with van der Waals surface area (Å²) < 4.78 is 5.26. The van der Waals surface area contributed by atoms with E-state index in [1.165, 1.54) is 6.08 Å². The monoisotopic (exact) mass is 477 g/mol. The lowest BCUT2D eigenvalue weighted by atomic mass is 10.0. The van der Waals surface area contributed by atoms with Gasteiger partial charge in [-0.25, -0.2) is 4.79 Å². The molecule has 0 bridgehead atoms. The summed E-state index contributed by atoms with van der Waals surface area (Å²) in [6.45, 7) is 2.64. The minimum Gasteiger partial charge on any atom is -0.507 e. The summed E-state index contributed by atoms with van der Waals surface area (Å²) in [5, 5.41) is 23.5. The molecule has 1 aromatic carbocycles. The first kappa shape index (κ1) is 24.6. The molecule has 0 unspecified atom stereocenters. The zero-order valence-electron chi connectivity index (χ0n) is 18.2. The molecule has 1 amide bonds. The summed E-state index contributed by atoms with van der Waals surface area (Å²) in [6.07, 6.45) is 11.0. The van der Waals surface area contributed by atoms with E-state index >= 15 is 0 Å². The number of piperazine rings is 1. The number of fused-ring (bicyclic) bond motifs is 1. The zero-order valence-corrected chi connectivity index (χ0v) is 18.9. The third-order valence-corrected chi connectivity index (χ3v) is 5.50. The van der Waals surface area contributed by atoms with Crippen molar-refractivity contribution in [3.63, 3.8) is 0 Å². The van der Waals surface area contributed by atoms with E-state index in [4.69, 9.17) is 21.2 Å². The third-order valence-electron chi connectivity index (χ3n) is 5.10. The summed E-state index contributed by atoms with van der Waals surface area (Å²) in [5.74, 6) is -1.78. The van der Waals surface area contributed by atoms with Crippen LogP contribution in [0.3, 0.4) is 0 Å². The van der Waals surface area contributed by atoms with Crippen molar-refractivity contribution in [2.45, 2.75) is 19.3 Å². The molecule has 9 nitrogen and oxygen atoms in total. The van der Waals surface area contributed by atoms with Gasteiger partial charge < -0.3 is 25.2 Å². The molecule has 3 rings (SSSR count). The van der Waals surface area contributed by atoms with Gasteiger partial charge in [-0.1, -0.05) is 29.8 Å². The second kappa shape index (κ2) is 12.3. The van der Waals surface area contributed by atoms with Gasteiger partial charge in [0.1, 0.15) is 17.1 Å². The number of benzene rings is 1. The molecule has 2 aliphatic heterocycles. The van der Waals surface area contributed by atoms with Crippen LogP contribution in [0.4, 0.5) is 0 Å². The second-order valence-corrected chi connectivity index (χ2v) is 7.89. The number of rotatable bonds is 4. The number of hydrogen-bond acceptors (Lipinski definition) is 8. The molecule has 33 heavy (non-hydrogen) atoms. The fourth-order valence-corrected chi connectivity index (χ4v) is 3.59. The number of ether oxygens (including phenoxy) is 1. The number of carbonyl (C=O) groups excluding carboxylic acids is 2. The quantitative estimate of drug-likeness (QED) is 0.296. The Labute approximate surface area is 197 Å². The van der Waals surface area contributed by atoms with Gasteiger partial charge in [0.25, 0.3) is 5.91 Å². The van der Waals surface area contributed by atoms with Crippen LogP contribution in [0, 0.1) is 0 Å². The van der Waals surface area contributed by atoms with Crippen molar-refractivity contribution in [3.05, 3.63) is 52.2 Å². The van der Waals surface area contributed by atoms with Crippen molar-refractivity contribution in [2.75, 3.05) is 39.4 Å². The van der Waals surface area contributed by atoms with E-state index in [1.807, 2.05) is 18.2 Å². The van der Waals surface area contributed by atoms with E-state index in [0.29, 0.717) is 25.2 Å². The molecule has 0 atom stereocenters. The number of esters is 1. The Morgan fingerprint density at radius 2 is 1.88 bits per heavy atom. The van der Waals surface area contributed by atoms with Gasteiger partial charge in [-0.2, -0.15) is 0 Å². The molecular weight excluding hydrogens is 450 g/mol. The van der Waals surface area contributed by atoms with Gasteiger partial charge >= 0.3 is 5.97 Å². The molecule has 0 spiro atoms. The predicted octanol–water partition coefficient (Wildman–Crippen LogP) is 2.50. The fourth-order valence-electron chi connectivity index (χ4n) is 3.38. The summed E-state index contributed by atoms with van der Waals surface area (Å²) in [6, 6.07) is 0.991. The highest BCUT2D eigenvalue weighted by Gasteiger charge is 2.23. The van der Waals surface area contributed by atoms with Crippen molar-refractivity contribution in [3.8, 4) is 11.5 Å². The molecule has 0 saturated carbocycles. The Morgan fingerprint density at radius 1 is 1.15 bits per heavy atom. The van der Waals surface area contributed by atoms with Crippen molar-refractivity contribution in [1.82, 2.24) is 15.7 Å². The SMILES string of the molecule is O=C1OCCC=CCC/C=C/C(NOCC(=O)N2CCNCC2)=C/c2c(Cl)c(O)cc(O)c21. The predicted molar refractivity (Wildman–Crippen MR) is 124 cm³/mol. The molecule has 2 aliphatic rings. The first-order valence-corrected chi connectivity index (χ1v) is 11.2. The van der Waals surface area contributed by atoms with Gasteiger partial charge in [-0.3, -0.25) is 15.1 Å². The highest BCUT2D eigenvalue weighted by atomic mass is 35.5. The Hall–Kier alpha value is -3.01. The first-order chi connectivity index (χ1) is 16.0. The molecule has 1 saturated heterocycles. The number of nitrogens with zero attached hydrogens (tertiary/aromatic N) is 1. The number of carbonyl (C=O) groups is 2. The summed E-state index contributed by atoms with van der Waals surface area (Å²) in [7, 11) is 0. The van der Waals surface area contributed by atoms with Crippen LogP contribution in [0.5, 0.6) is 11.5 Å². The lowest BCUT2D eigenvalue weighted by molar-refractivity contribution is -0.138. The molecule has 2 heterocycles. The Balaban J connectivity index is 1.86. The number of cyclic esters (lactones) is 1. The maximum absolute atomic E-state index is 12.6. The van der Waals surface area contributed by atoms with Gasteiger partial charge in [0.15, 0.2) is 6.61 Å². The Bertz CT molecular complexity index is 954. The molecule has 0 radical (unpaired) electrons. The first-order valence-electron chi connectivity index (χ1n) is 10.8. The number of phenolic OH excluding ortho intramolecular Hbond substituents is 2. The Kier molecular flexibility index (Phi) is 9.17. The molecule has 178 valence electrons. The smallest absolute Gasteiger partial charge is 0.342 e. The van der Waals surface area contributed by atoms with E-state index in [1.54, 1.807) is 11.0 Å². The number of hydroxylamine groups is 1. The number of phenols is 2.